The molecule has 1 aromatic heterocycles. The third-order valence-electron chi connectivity index (χ3n) is 4.54. The van der Waals surface area contributed by atoms with Crippen LogP contribution in [0.2, 0.25) is 0 Å². The number of rotatable bonds is 6. The van der Waals surface area contributed by atoms with Gasteiger partial charge in [-0.1, -0.05) is 6.07 Å². The van der Waals surface area contributed by atoms with Crippen LogP contribution in [0.3, 0.4) is 0 Å². The molecular formula is C20H23N3O5. The predicted molar refractivity (Wildman–Crippen MR) is 103 cm³/mol. The smallest absolute Gasteiger partial charge is 0.313 e. The van der Waals surface area contributed by atoms with Crippen LogP contribution < -0.4 is 15.5 Å². The minimum absolute atomic E-state index is 0.0657. The number of carbonyl (C=O) groups excluding carboxylic acids is 3. The Labute approximate surface area is 162 Å². The van der Waals surface area contributed by atoms with Gasteiger partial charge in [-0.05, 0) is 43.2 Å². The predicted octanol–water partition coefficient (Wildman–Crippen LogP) is 2.24. The fourth-order valence-corrected chi connectivity index (χ4v) is 3.06. The molecule has 2 heterocycles. The average Bonchev–Trinajstić information content (AvgIpc) is 3.23. The summed E-state index contributed by atoms with van der Waals surface area (Å²) in [6, 6.07) is 10.4. The van der Waals surface area contributed by atoms with Crippen LogP contribution in [-0.4, -0.2) is 37.9 Å². The molecule has 2 aromatic rings. The van der Waals surface area contributed by atoms with E-state index >= 15 is 0 Å². The summed E-state index contributed by atoms with van der Waals surface area (Å²) in [5.74, 6) is -0.956. The first kappa shape index (κ1) is 19.6. The summed E-state index contributed by atoms with van der Waals surface area (Å²) in [6.07, 6.45) is 3.39. The van der Waals surface area contributed by atoms with E-state index in [0.29, 0.717) is 30.1 Å². The third kappa shape index (κ3) is 4.77. The molecule has 3 rings (SSSR count). The second-order valence-electron chi connectivity index (χ2n) is 6.46. The first-order valence-electron chi connectivity index (χ1n) is 9.14. The molecule has 1 atom stereocenters. The molecule has 1 aromatic carbocycles. The molecule has 148 valence electrons. The van der Waals surface area contributed by atoms with Crippen molar-refractivity contribution in [1.82, 2.24) is 5.32 Å². The number of piperidine rings is 1. The van der Waals surface area contributed by atoms with Crippen molar-refractivity contribution in [2.75, 3.05) is 30.4 Å². The average molecular weight is 385 g/mol. The van der Waals surface area contributed by atoms with Gasteiger partial charge in [-0.3, -0.25) is 14.4 Å². The molecule has 8 nitrogen and oxygen atoms in total. The van der Waals surface area contributed by atoms with Gasteiger partial charge in [0.2, 0.25) is 5.91 Å². The van der Waals surface area contributed by atoms with Crippen molar-refractivity contribution >= 4 is 29.1 Å². The van der Waals surface area contributed by atoms with Gasteiger partial charge in [0, 0.05) is 31.5 Å². The number of nitrogens with one attached hydrogen (secondary N) is 2. The number of hydrogen-bond donors (Lipinski definition) is 2. The van der Waals surface area contributed by atoms with Crippen molar-refractivity contribution in [3.8, 4) is 0 Å². The second kappa shape index (κ2) is 9.18. The van der Waals surface area contributed by atoms with Gasteiger partial charge in [-0.15, -0.1) is 0 Å². The first-order chi connectivity index (χ1) is 13.6. The Morgan fingerprint density at radius 2 is 2.07 bits per heavy atom. The fourth-order valence-electron chi connectivity index (χ4n) is 3.06. The van der Waals surface area contributed by atoms with E-state index in [-0.39, 0.29) is 12.5 Å². The highest BCUT2D eigenvalue weighted by atomic mass is 16.5. The van der Waals surface area contributed by atoms with Crippen molar-refractivity contribution in [2.24, 2.45) is 0 Å². The lowest BCUT2D eigenvalue weighted by molar-refractivity contribution is -0.136. The molecule has 0 aliphatic carbocycles. The molecule has 0 saturated carbocycles. The molecule has 1 fully saturated rings. The van der Waals surface area contributed by atoms with Crippen LogP contribution in [0.15, 0.2) is 47.1 Å². The summed E-state index contributed by atoms with van der Waals surface area (Å²) < 4.78 is 10.5. The zero-order valence-electron chi connectivity index (χ0n) is 15.6. The molecule has 28 heavy (non-hydrogen) atoms. The van der Waals surface area contributed by atoms with Gasteiger partial charge in [-0.25, -0.2) is 0 Å². The molecule has 8 heteroatoms. The minimum atomic E-state index is -0.795. The first-order valence-corrected chi connectivity index (χ1v) is 9.14. The standard InChI is InChI=1S/C20H23N3O5/c1-27-17(16-8-5-11-28-16)13-21-19(25)20(26)22-14-6-4-7-15(12-14)23-10-3-2-9-18(23)24/h4-8,11-12,17H,2-3,9-10,13H2,1H3,(H,21,25)(H,22,26)/t17-/m1/s1. The van der Waals surface area contributed by atoms with Crippen molar-refractivity contribution in [3.05, 3.63) is 48.4 Å². The lowest BCUT2D eigenvalue weighted by atomic mass is 10.1. The summed E-state index contributed by atoms with van der Waals surface area (Å²) in [5, 5.41) is 5.09. The Bertz CT molecular complexity index is 834. The maximum atomic E-state index is 12.2. The minimum Gasteiger partial charge on any atom is -0.467 e. The van der Waals surface area contributed by atoms with Crippen molar-refractivity contribution in [3.63, 3.8) is 0 Å². The number of furan rings is 1. The summed E-state index contributed by atoms with van der Waals surface area (Å²) in [4.78, 5) is 38.1. The van der Waals surface area contributed by atoms with Gasteiger partial charge in [0.05, 0.1) is 12.8 Å². The molecule has 0 unspecified atom stereocenters. The molecule has 0 bridgehead atoms. The van der Waals surface area contributed by atoms with Crippen molar-refractivity contribution in [1.29, 1.82) is 0 Å². The summed E-state index contributed by atoms with van der Waals surface area (Å²) >= 11 is 0. The molecular weight excluding hydrogens is 362 g/mol. The molecule has 3 amide bonds. The zero-order chi connectivity index (χ0) is 19.9. The number of hydrogen-bond acceptors (Lipinski definition) is 5. The van der Waals surface area contributed by atoms with Gasteiger partial charge < -0.3 is 24.7 Å². The Balaban J connectivity index is 1.57. The van der Waals surface area contributed by atoms with Gasteiger partial charge >= 0.3 is 11.8 Å². The Morgan fingerprint density at radius 1 is 1.21 bits per heavy atom. The largest absolute Gasteiger partial charge is 0.467 e. The lowest BCUT2D eigenvalue weighted by Gasteiger charge is -2.27. The third-order valence-corrected chi connectivity index (χ3v) is 4.54. The number of amides is 3. The van der Waals surface area contributed by atoms with E-state index in [2.05, 4.69) is 10.6 Å². The maximum Gasteiger partial charge on any atom is 0.313 e. The number of benzene rings is 1. The summed E-state index contributed by atoms with van der Waals surface area (Å²) in [7, 11) is 1.49. The number of ether oxygens (including phenoxy) is 1. The van der Waals surface area contributed by atoms with Crippen LogP contribution in [0.1, 0.15) is 31.1 Å². The van der Waals surface area contributed by atoms with Crippen LogP contribution >= 0.6 is 0 Å². The highest BCUT2D eigenvalue weighted by Gasteiger charge is 2.21. The topological polar surface area (TPSA) is 101 Å². The molecule has 1 aliphatic rings. The highest BCUT2D eigenvalue weighted by Crippen LogP contribution is 2.24. The lowest BCUT2D eigenvalue weighted by Crippen LogP contribution is -2.38. The van der Waals surface area contributed by atoms with E-state index in [1.807, 2.05) is 6.07 Å². The molecule has 0 spiro atoms. The van der Waals surface area contributed by atoms with Crippen LogP contribution in [0.25, 0.3) is 0 Å². The van der Waals surface area contributed by atoms with E-state index in [1.54, 1.807) is 35.2 Å². The highest BCUT2D eigenvalue weighted by molar-refractivity contribution is 6.39. The van der Waals surface area contributed by atoms with Crippen LogP contribution in [0, 0.1) is 0 Å². The zero-order valence-corrected chi connectivity index (χ0v) is 15.6. The Kier molecular flexibility index (Phi) is 6.44. The van der Waals surface area contributed by atoms with E-state index < -0.39 is 17.9 Å². The number of anilines is 2. The van der Waals surface area contributed by atoms with Crippen LogP contribution in [0.4, 0.5) is 11.4 Å². The van der Waals surface area contributed by atoms with Gasteiger partial charge in [0.1, 0.15) is 11.9 Å². The SMILES string of the molecule is CO[C@H](CNC(=O)C(=O)Nc1cccc(N2CCCCC2=O)c1)c1ccco1. The van der Waals surface area contributed by atoms with Gasteiger partial charge in [0.25, 0.3) is 0 Å². The van der Waals surface area contributed by atoms with Gasteiger partial charge in [-0.2, -0.15) is 0 Å². The summed E-state index contributed by atoms with van der Waals surface area (Å²) in [5.41, 5.74) is 1.16. The van der Waals surface area contributed by atoms with E-state index in [4.69, 9.17) is 9.15 Å². The van der Waals surface area contributed by atoms with E-state index in [9.17, 15) is 14.4 Å². The van der Waals surface area contributed by atoms with Crippen molar-refractivity contribution < 1.29 is 23.5 Å². The molecule has 1 saturated heterocycles. The Hall–Kier alpha value is -3.13. The molecule has 2 N–H and O–H groups in total. The second-order valence-corrected chi connectivity index (χ2v) is 6.46. The molecule has 0 radical (unpaired) electrons. The number of nitrogens with zero attached hydrogens (tertiary/aromatic N) is 1. The fraction of sp³-hybridized carbons (Fsp3) is 0.350. The van der Waals surface area contributed by atoms with Crippen LogP contribution in [0.5, 0.6) is 0 Å². The van der Waals surface area contributed by atoms with Crippen molar-refractivity contribution in [2.45, 2.75) is 25.4 Å². The monoisotopic (exact) mass is 385 g/mol. The number of methoxy groups -OCH3 is 1. The normalized spacial score (nSPS) is 15.2. The van der Waals surface area contributed by atoms with Gasteiger partial charge in [0.15, 0.2) is 0 Å². The number of carbonyl (C=O) groups is 3. The van der Waals surface area contributed by atoms with Crippen LogP contribution in [-0.2, 0) is 19.1 Å². The van der Waals surface area contributed by atoms with E-state index in [0.717, 1.165) is 12.8 Å². The Morgan fingerprint density at radius 3 is 2.79 bits per heavy atom. The quantitative estimate of drug-likeness (QED) is 0.743. The summed E-state index contributed by atoms with van der Waals surface area (Å²) in [6.45, 7) is 0.750. The van der Waals surface area contributed by atoms with E-state index in [1.165, 1.54) is 13.4 Å². The molecule has 1 aliphatic heterocycles. The maximum absolute atomic E-state index is 12.2.